The molecular formula is C13H15NO2S2. The number of rotatable bonds is 6. The number of aromatic carboxylic acids is 1. The van der Waals surface area contributed by atoms with Crippen molar-refractivity contribution in [1.29, 1.82) is 0 Å². The van der Waals surface area contributed by atoms with Crippen molar-refractivity contribution in [2.45, 2.75) is 26.4 Å². The van der Waals surface area contributed by atoms with E-state index in [0.717, 1.165) is 18.5 Å². The van der Waals surface area contributed by atoms with Crippen LogP contribution >= 0.6 is 22.7 Å². The standard InChI is InChI=1S/C13H15NO2S2/c1-2-9-3-5-17-11(9)8-14-7-10-4-6-18-12(10)13(15)16/h3-6,14H,2,7-8H2,1H3,(H,15,16). The van der Waals surface area contributed by atoms with E-state index in [2.05, 4.69) is 23.7 Å². The van der Waals surface area contributed by atoms with Crippen molar-refractivity contribution in [1.82, 2.24) is 5.32 Å². The van der Waals surface area contributed by atoms with Gasteiger partial charge in [0.15, 0.2) is 0 Å². The summed E-state index contributed by atoms with van der Waals surface area (Å²) in [7, 11) is 0. The first-order chi connectivity index (χ1) is 8.72. The average molecular weight is 281 g/mol. The van der Waals surface area contributed by atoms with Gasteiger partial charge < -0.3 is 10.4 Å². The summed E-state index contributed by atoms with van der Waals surface area (Å²) in [6, 6.07) is 4.02. The molecule has 0 bridgehead atoms. The summed E-state index contributed by atoms with van der Waals surface area (Å²) in [5, 5.41) is 16.2. The van der Waals surface area contributed by atoms with Gasteiger partial charge in [-0.05, 0) is 40.4 Å². The first kappa shape index (κ1) is 13.3. The first-order valence-corrected chi connectivity index (χ1v) is 7.54. The molecule has 2 aromatic heterocycles. The molecule has 0 aromatic carbocycles. The first-order valence-electron chi connectivity index (χ1n) is 5.78. The van der Waals surface area contributed by atoms with Gasteiger partial charge in [-0.25, -0.2) is 4.79 Å². The molecule has 5 heteroatoms. The van der Waals surface area contributed by atoms with Crippen LogP contribution in [-0.4, -0.2) is 11.1 Å². The van der Waals surface area contributed by atoms with E-state index < -0.39 is 5.97 Å². The van der Waals surface area contributed by atoms with E-state index in [1.54, 1.807) is 11.3 Å². The van der Waals surface area contributed by atoms with Crippen molar-refractivity contribution in [2.24, 2.45) is 0 Å². The molecule has 0 aliphatic carbocycles. The predicted octanol–water partition coefficient (Wildman–Crippen LogP) is 3.36. The van der Waals surface area contributed by atoms with Gasteiger partial charge in [0.25, 0.3) is 0 Å². The van der Waals surface area contributed by atoms with Gasteiger partial charge in [-0.1, -0.05) is 6.92 Å². The fourth-order valence-electron chi connectivity index (χ4n) is 1.81. The molecule has 2 aromatic rings. The van der Waals surface area contributed by atoms with Crippen LogP contribution in [0.15, 0.2) is 22.9 Å². The molecule has 18 heavy (non-hydrogen) atoms. The lowest BCUT2D eigenvalue weighted by Crippen LogP contribution is -2.14. The van der Waals surface area contributed by atoms with E-state index in [-0.39, 0.29) is 0 Å². The maximum Gasteiger partial charge on any atom is 0.346 e. The Balaban J connectivity index is 1.92. The van der Waals surface area contributed by atoms with Gasteiger partial charge in [0, 0.05) is 18.0 Å². The van der Waals surface area contributed by atoms with Gasteiger partial charge in [-0.3, -0.25) is 0 Å². The Morgan fingerprint density at radius 1 is 1.22 bits per heavy atom. The monoisotopic (exact) mass is 281 g/mol. The Morgan fingerprint density at radius 2 is 1.94 bits per heavy atom. The van der Waals surface area contributed by atoms with Crippen LogP contribution < -0.4 is 5.32 Å². The summed E-state index contributed by atoms with van der Waals surface area (Å²) >= 11 is 3.02. The summed E-state index contributed by atoms with van der Waals surface area (Å²) in [5.74, 6) is -0.841. The minimum absolute atomic E-state index is 0.435. The third kappa shape index (κ3) is 2.98. The Labute approximate surface area is 114 Å². The van der Waals surface area contributed by atoms with Crippen molar-refractivity contribution in [3.8, 4) is 0 Å². The van der Waals surface area contributed by atoms with Crippen molar-refractivity contribution in [3.63, 3.8) is 0 Å². The Morgan fingerprint density at radius 3 is 2.67 bits per heavy atom. The number of carboxylic acids is 1. The highest BCUT2D eigenvalue weighted by Gasteiger charge is 2.11. The van der Waals surface area contributed by atoms with Crippen LogP contribution in [0.5, 0.6) is 0 Å². The topological polar surface area (TPSA) is 49.3 Å². The van der Waals surface area contributed by atoms with E-state index in [1.165, 1.54) is 21.8 Å². The molecular weight excluding hydrogens is 266 g/mol. The second kappa shape index (κ2) is 6.13. The Hall–Kier alpha value is -1.17. The number of hydrogen-bond donors (Lipinski definition) is 2. The molecule has 96 valence electrons. The molecule has 0 fully saturated rings. The highest BCUT2D eigenvalue weighted by atomic mass is 32.1. The quantitative estimate of drug-likeness (QED) is 0.853. The zero-order valence-corrected chi connectivity index (χ0v) is 11.7. The van der Waals surface area contributed by atoms with E-state index >= 15 is 0 Å². The van der Waals surface area contributed by atoms with Gasteiger partial charge in [0.2, 0.25) is 0 Å². The molecule has 0 atom stereocenters. The lowest BCUT2D eigenvalue weighted by Gasteiger charge is -2.05. The second-order valence-corrected chi connectivity index (χ2v) is 5.82. The SMILES string of the molecule is CCc1ccsc1CNCc1ccsc1C(=O)O. The molecule has 0 radical (unpaired) electrons. The number of thiophene rings is 2. The van der Waals surface area contributed by atoms with Crippen LogP contribution in [-0.2, 0) is 19.5 Å². The molecule has 0 saturated carbocycles. The highest BCUT2D eigenvalue weighted by molar-refractivity contribution is 7.12. The van der Waals surface area contributed by atoms with E-state index in [0.29, 0.717) is 11.4 Å². The van der Waals surface area contributed by atoms with Crippen LogP contribution in [0, 0.1) is 0 Å². The zero-order valence-electron chi connectivity index (χ0n) is 10.1. The van der Waals surface area contributed by atoms with Crippen molar-refractivity contribution in [2.75, 3.05) is 0 Å². The van der Waals surface area contributed by atoms with E-state index in [9.17, 15) is 4.79 Å². The molecule has 2 heterocycles. The Bertz CT molecular complexity index is 531. The van der Waals surface area contributed by atoms with Crippen molar-refractivity contribution < 1.29 is 9.90 Å². The summed E-state index contributed by atoms with van der Waals surface area (Å²) in [6.07, 6.45) is 1.04. The van der Waals surface area contributed by atoms with Gasteiger partial charge in [-0.2, -0.15) is 0 Å². The fraction of sp³-hybridized carbons (Fsp3) is 0.308. The molecule has 0 aliphatic rings. The van der Waals surface area contributed by atoms with Gasteiger partial charge in [0.05, 0.1) is 0 Å². The van der Waals surface area contributed by atoms with Crippen LogP contribution in [0.4, 0.5) is 0 Å². The zero-order chi connectivity index (χ0) is 13.0. The number of nitrogens with one attached hydrogen (secondary N) is 1. The lowest BCUT2D eigenvalue weighted by molar-refractivity contribution is 0.0701. The molecule has 2 rings (SSSR count). The molecule has 0 aliphatic heterocycles. The third-order valence-electron chi connectivity index (χ3n) is 2.76. The molecule has 2 N–H and O–H groups in total. The summed E-state index contributed by atoms with van der Waals surface area (Å²) in [4.78, 5) is 12.7. The van der Waals surface area contributed by atoms with Gasteiger partial charge in [-0.15, -0.1) is 22.7 Å². The predicted molar refractivity (Wildman–Crippen MR) is 75.5 cm³/mol. The fourth-order valence-corrected chi connectivity index (χ4v) is 3.52. The maximum absolute atomic E-state index is 11.0. The smallest absolute Gasteiger partial charge is 0.346 e. The van der Waals surface area contributed by atoms with Crippen molar-refractivity contribution >= 4 is 28.6 Å². The number of carbonyl (C=O) groups is 1. The van der Waals surface area contributed by atoms with E-state index in [4.69, 9.17) is 5.11 Å². The normalized spacial score (nSPS) is 10.7. The van der Waals surface area contributed by atoms with Crippen LogP contribution in [0.3, 0.4) is 0 Å². The summed E-state index contributed by atoms with van der Waals surface area (Å²) in [5.41, 5.74) is 2.23. The maximum atomic E-state index is 11.0. The van der Waals surface area contributed by atoms with Crippen molar-refractivity contribution in [3.05, 3.63) is 43.8 Å². The number of carboxylic acid groups (broad SMARTS) is 1. The molecule has 0 amide bonds. The van der Waals surface area contributed by atoms with Crippen LogP contribution in [0.2, 0.25) is 0 Å². The molecule has 3 nitrogen and oxygen atoms in total. The average Bonchev–Trinajstić information content (AvgIpc) is 2.97. The molecule has 0 saturated heterocycles. The summed E-state index contributed by atoms with van der Waals surface area (Å²) in [6.45, 7) is 3.55. The Kier molecular flexibility index (Phi) is 4.52. The number of hydrogen-bond acceptors (Lipinski definition) is 4. The van der Waals surface area contributed by atoms with Crippen LogP contribution in [0.1, 0.15) is 32.6 Å². The van der Waals surface area contributed by atoms with E-state index in [1.807, 2.05) is 11.4 Å². The minimum Gasteiger partial charge on any atom is -0.477 e. The number of aryl methyl sites for hydroxylation is 1. The largest absolute Gasteiger partial charge is 0.477 e. The molecule has 0 spiro atoms. The molecule has 0 unspecified atom stereocenters. The summed E-state index contributed by atoms with van der Waals surface area (Å²) < 4.78 is 0. The lowest BCUT2D eigenvalue weighted by atomic mass is 10.2. The third-order valence-corrected chi connectivity index (χ3v) is 4.67. The second-order valence-electron chi connectivity index (χ2n) is 3.91. The van der Waals surface area contributed by atoms with Crippen LogP contribution in [0.25, 0.3) is 0 Å². The minimum atomic E-state index is -0.841. The van der Waals surface area contributed by atoms with Gasteiger partial charge >= 0.3 is 5.97 Å². The van der Waals surface area contributed by atoms with Gasteiger partial charge in [0.1, 0.15) is 4.88 Å². The highest BCUT2D eigenvalue weighted by Crippen LogP contribution is 2.19.